The maximum Gasteiger partial charge on any atom is 0.194 e. The Morgan fingerprint density at radius 2 is 2.22 bits per heavy atom. The number of rotatable bonds is 3. The van der Waals surface area contributed by atoms with Crippen molar-refractivity contribution in [1.82, 2.24) is 9.38 Å². The first-order valence-electron chi connectivity index (χ1n) is 6.16. The number of nitrogens with zero attached hydrogens (tertiary/aromatic N) is 2. The lowest BCUT2D eigenvalue weighted by molar-refractivity contribution is 0.477. The molecule has 0 bridgehead atoms. The molecule has 0 fully saturated rings. The molecule has 0 radical (unpaired) electrons. The zero-order valence-electron chi connectivity index (χ0n) is 10.7. The first-order chi connectivity index (χ1) is 8.53. The maximum absolute atomic E-state index is 6.03. The van der Waals surface area contributed by atoms with E-state index in [0.717, 1.165) is 17.8 Å². The first-order valence-corrected chi connectivity index (χ1v) is 6.98. The second-order valence-corrected chi connectivity index (χ2v) is 6.48. The molecule has 3 aromatic rings. The average Bonchev–Trinajstić information content (AvgIpc) is 2.84. The van der Waals surface area contributed by atoms with Crippen molar-refractivity contribution in [2.75, 3.05) is 0 Å². The monoisotopic (exact) mass is 259 g/mol. The van der Waals surface area contributed by atoms with Crippen LogP contribution in [-0.2, 0) is 6.42 Å². The van der Waals surface area contributed by atoms with Crippen molar-refractivity contribution in [3.63, 3.8) is 0 Å². The Balaban J connectivity index is 1.95. The van der Waals surface area contributed by atoms with Crippen LogP contribution in [0.4, 0.5) is 0 Å². The van der Waals surface area contributed by atoms with Crippen LogP contribution in [0.25, 0.3) is 15.2 Å². The molecule has 94 valence electrons. The smallest absolute Gasteiger partial charge is 0.194 e. The average molecular weight is 259 g/mol. The normalized spacial score (nSPS) is 12.6. The topological polar surface area (TPSA) is 43.3 Å². The van der Waals surface area contributed by atoms with Crippen LogP contribution in [0.3, 0.4) is 0 Å². The predicted octanol–water partition coefficient (Wildman–Crippen LogP) is 3.22. The van der Waals surface area contributed by atoms with Gasteiger partial charge in [-0.2, -0.15) is 0 Å². The van der Waals surface area contributed by atoms with Crippen LogP contribution in [0, 0.1) is 0 Å². The molecular formula is C14H17N3S. The van der Waals surface area contributed by atoms with Crippen molar-refractivity contribution in [2.24, 2.45) is 5.73 Å². The molecule has 0 aliphatic rings. The van der Waals surface area contributed by atoms with E-state index >= 15 is 0 Å². The Hall–Kier alpha value is -1.39. The number of imidazole rings is 1. The summed E-state index contributed by atoms with van der Waals surface area (Å²) in [5.74, 6) is 0. The van der Waals surface area contributed by atoms with Gasteiger partial charge in [0.05, 0.1) is 10.2 Å². The summed E-state index contributed by atoms with van der Waals surface area (Å²) in [6.45, 7) is 4.15. The highest BCUT2D eigenvalue weighted by Crippen LogP contribution is 2.27. The fraction of sp³-hybridized carbons (Fsp3) is 0.357. The molecule has 3 nitrogen and oxygen atoms in total. The third kappa shape index (κ3) is 2.13. The molecule has 2 aromatic heterocycles. The van der Waals surface area contributed by atoms with Crippen molar-refractivity contribution < 1.29 is 0 Å². The molecule has 0 aliphatic carbocycles. The van der Waals surface area contributed by atoms with Crippen molar-refractivity contribution >= 4 is 26.5 Å². The van der Waals surface area contributed by atoms with E-state index in [1.54, 1.807) is 11.3 Å². The summed E-state index contributed by atoms with van der Waals surface area (Å²) in [6.07, 6.45) is 5.88. The van der Waals surface area contributed by atoms with Crippen molar-refractivity contribution in [3.8, 4) is 0 Å². The van der Waals surface area contributed by atoms with E-state index in [0.29, 0.717) is 0 Å². The van der Waals surface area contributed by atoms with Gasteiger partial charge in [0.1, 0.15) is 0 Å². The van der Waals surface area contributed by atoms with Gasteiger partial charge in [0.2, 0.25) is 0 Å². The standard InChI is InChI=1S/C14H17N3S/c1-14(2,15)6-5-10-3-4-11-12(9-10)18-13-16-7-8-17(11)13/h3-4,7-9H,5-6,15H2,1-2H3. The van der Waals surface area contributed by atoms with E-state index in [4.69, 9.17) is 5.73 Å². The fourth-order valence-corrected chi connectivity index (χ4v) is 3.16. The zero-order chi connectivity index (χ0) is 12.8. The summed E-state index contributed by atoms with van der Waals surface area (Å²) in [5.41, 5.74) is 8.52. The molecule has 3 rings (SSSR count). The summed E-state index contributed by atoms with van der Waals surface area (Å²) >= 11 is 1.74. The molecule has 1 aromatic carbocycles. The third-order valence-corrected chi connectivity index (χ3v) is 4.18. The van der Waals surface area contributed by atoms with E-state index in [1.165, 1.54) is 15.8 Å². The molecule has 4 heteroatoms. The summed E-state index contributed by atoms with van der Waals surface area (Å²) in [4.78, 5) is 5.39. The minimum absolute atomic E-state index is 0.0982. The number of fused-ring (bicyclic) bond motifs is 3. The number of benzene rings is 1. The van der Waals surface area contributed by atoms with Crippen LogP contribution in [0.15, 0.2) is 30.6 Å². The number of hydrogen-bond donors (Lipinski definition) is 1. The number of aryl methyl sites for hydroxylation is 1. The highest BCUT2D eigenvalue weighted by atomic mass is 32.1. The van der Waals surface area contributed by atoms with Crippen LogP contribution in [0.1, 0.15) is 25.8 Å². The summed E-state index contributed by atoms with van der Waals surface area (Å²) < 4.78 is 3.43. The highest BCUT2D eigenvalue weighted by Gasteiger charge is 2.11. The fourth-order valence-electron chi connectivity index (χ4n) is 2.11. The van der Waals surface area contributed by atoms with E-state index in [-0.39, 0.29) is 5.54 Å². The quantitative estimate of drug-likeness (QED) is 0.785. The van der Waals surface area contributed by atoms with Gasteiger partial charge in [-0.25, -0.2) is 4.98 Å². The van der Waals surface area contributed by atoms with Crippen LogP contribution in [-0.4, -0.2) is 14.9 Å². The third-order valence-electron chi connectivity index (χ3n) is 3.15. The lowest BCUT2D eigenvalue weighted by Gasteiger charge is -2.17. The molecule has 0 spiro atoms. The molecule has 18 heavy (non-hydrogen) atoms. The maximum atomic E-state index is 6.03. The second-order valence-electron chi connectivity index (χ2n) is 5.47. The van der Waals surface area contributed by atoms with E-state index in [2.05, 4.69) is 41.4 Å². The summed E-state index contributed by atoms with van der Waals surface area (Å²) in [7, 11) is 0. The Labute approximate surface area is 110 Å². The van der Waals surface area contributed by atoms with Gasteiger partial charge in [-0.1, -0.05) is 17.4 Å². The van der Waals surface area contributed by atoms with Gasteiger partial charge in [0, 0.05) is 17.9 Å². The summed E-state index contributed by atoms with van der Waals surface area (Å²) in [6, 6.07) is 6.64. The van der Waals surface area contributed by atoms with Crippen LogP contribution < -0.4 is 5.73 Å². The van der Waals surface area contributed by atoms with E-state index in [1.807, 2.05) is 12.4 Å². The molecule has 0 saturated heterocycles. The Bertz CT molecular complexity index is 688. The van der Waals surface area contributed by atoms with E-state index in [9.17, 15) is 0 Å². The minimum Gasteiger partial charge on any atom is -0.326 e. The van der Waals surface area contributed by atoms with Crippen LogP contribution in [0.2, 0.25) is 0 Å². The minimum atomic E-state index is -0.0982. The Morgan fingerprint density at radius 3 is 3.00 bits per heavy atom. The second kappa shape index (κ2) is 4.07. The molecule has 0 atom stereocenters. The molecule has 2 N–H and O–H groups in total. The van der Waals surface area contributed by atoms with E-state index < -0.39 is 0 Å². The van der Waals surface area contributed by atoms with Gasteiger partial charge in [-0.15, -0.1) is 0 Å². The van der Waals surface area contributed by atoms with Crippen LogP contribution in [0.5, 0.6) is 0 Å². The van der Waals surface area contributed by atoms with Gasteiger partial charge >= 0.3 is 0 Å². The summed E-state index contributed by atoms with van der Waals surface area (Å²) in [5, 5.41) is 0. The molecule has 0 aliphatic heterocycles. The Kier molecular flexibility index (Phi) is 2.64. The van der Waals surface area contributed by atoms with Gasteiger partial charge < -0.3 is 5.73 Å². The molecule has 0 unspecified atom stereocenters. The van der Waals surface area contributed by atoms with Crippen LogP contribution >= 0.6 is 11.3 Å². The van der Waals surface area contributed by atoms with Gasteiger partial charge in [0.15, 0.2) is 4.96 Å². The molecule has 0 saturated carbocycles. The van der Waals surface area contributed by atoms with Crippen molar-refractivity contribution in [3.05, 3.63) is 36.2 Å². The van der Waals surface area contributed by atoms with Crippen molar-refractivity contribution in [1.29, 1.82) is 0 Å². The lowest BCUT2D eigenvalue weighted by atomic mass is 9.96. The predicted molar refractivity (Wildman–Crippen MR) is 77.2 cm³/mol. The number of hydrogen-bond acceptors (Lipinski definition) is 3. The van der Waals surface area contributed by atoms with Gasteiger partial charge in [-0.05, 0) is 44.4 Å². The first kappa shape index (κ1) is 11.7. The largest absolute Gasteiger partial charge is 0.326 e. The number of nitrogens with two attached hydrogens (primary N) is 1. The molecule has 2 heterocycles. The van der Waals surface area contributed by atoms with Gasteiger partial charge in [-0.3, -0.25) is 4.40 Å². The Morgan fingerprint density at radius 1 is 1.39 bits per heavy atom. The SMILES string of the molecule is CC(C)(N)CCc1ccc2c(c1)sc1nccn12. The molecule has 0 amide bonds. The zero-order valence-corrected chi connectivity index (χ0v) is 11.5. The highest BCUT2D eigenvalue weighted by molar-refractivity contribution is 7.23. The van der Waals surface area contributed by atoms with Gasteiger partial charge in [0.25, 0.3) is 0 Å². The van der Waals surface area contributed by atoms with Crippen molar-refractivity contribution in [2.45, 2.75) is 32.2 Å². The number of aromatic nitrogens is 2. The number of thiazole rings is 1. The molecular weight excluding hydrogens is 242 g/mol. The lowest BCUT2D eigenvalue weighted by Crippen LogP contribution is -2.32.